The summed E-state index contributed by atoms with van der Waals surface area (Å²) in [6.07, 6.45) is 2.29. The van der Waals surface area contributed by atoms with E-state index in [-0.39, 0.29) is 0 Å². The Labute approximate surface area is 125 Å². The van der Waals surface area contributed by atoms with E-state index in [0.717, 1.165) is 24.4 Å². The Kier molecular flexibility index (Phi) is 3.53. The zero-order valence-corrected chi connectivity index (χ0v) is 12.8. The molecule has 0 amide bonds. The topological polar surface area (TPSA) is 61.0 Å². The molecule has 1 aromatic heterocycles. The predicted molar refractivity (Wildman–Crippen MR) is 83.8 cm³/mol. The third kappa shape index (κ3) is 3.15. The van der Waals surface area contributed by atoms with Crippen molar-refractivity contribution in [3.05, 3.63) is 41.2 Å². The van der Waals surface area contributed by atoms with Gasteiger partial charge >= 0.3 is 0 Å². The lowest BCUT2D eigenvalue weighted by Crippen LogP contribution is -2.02. The molecule has 0 spiro atoms. The first-order chi connectivity index (χ1) is 10.0. The van der Waals surface area contributed by atoms with Crippen molar-refractivity contribution < 1.29 is 4.74 Å². The minimum atomic E-state index is 0.391. The fourth-order valence-electron chi connectivity index (χ4n) is 2.36. The molecule has 0 saturated heterocycles. The second-order valence-corrected chi connectivity index (χ2v) is 6.06. The Morgan fingerprint density at radius 3 is 2.62 bits per heavy atom. The Morgan fingerprint density at radius 2 is 1.95 bits per heavy atom. The summed E-state index contributed by atoms with van der Waals surface area (Å²) >= 11 is 0. The van der Waals surface area contributed by atoms with Crippen LogP contribution in [0, 0.1) is 6.92 Å². The van der Waals surface area contributed by atoms with Crippen LogP contribution in [-0.2, 0) is 0 Å². The van der Waals surface area contributed by atoms with Gasteiger partial charge in [-0.3, -0.25) is 0 Å². The maximum atomic E-state index is 6.02. The van der Waals surface area contributed by atoms with Crippen LogP contribution in [0.1, 0.15) is 55.5 Å². The van der Waals surface area contributed by atoms with Crippen molar-refractivity contribution >= 4 is 5.82 Å². The van der Waals surface area contributed by atoms with Gasteiger partial charge in [-0.2, -0.15) is 4.98 Å². The van der Waals surface area contributed by atoms with Crippen molar-refractivity contribution in [3.8, 4) is 11.6 Å². The molecule has 4 nitrogen and oxygen atoms in total. The fourth-order valence-corrected chi connectivity index (χ4v) is 2.36. The highest BCUT2D eigenvalue weighted by Crippen LogP contribution is 2.39. The molecule has 0 bridgehead atoms. The number of rotatable bonds is 4. The lowest BCUT2D eigenvalue weighted by atomic mass is 10.0. The van der Waals surface area contributed by atoms with E-state index in [1.807, 2.05) is 6.07 Å². The number of hydrogen-bond donors (Lipinski definition) is 1. The zero-order valence-electron chi connectivity index (χ0n) is 12.8. The first-order valence-electron chi connectivity index (χ1n) is 7.46. The Hall–Kier alpha value is -2.10. The zero-order chi connectivity index (χ0) is 15.0. The van der Waals surface area contributed by atoms with Crippen molar-refractivity contribution in [1.82, 2.24) is 9.97 Å². The summed E-state index contributed by atoms with van der Waals surface area (Å²) < 4.78 is 6.02. The van der Waals surface area contributed by atoms with E-state index in [9.17, 15) is 0 Å². The van der Waals surface area contributed by atoms with E-state index in [2.05, 4.69) is 42.9 Å². The molecular formula is C17H21N3O. The molecule has 3 rings (SSSR count). The molecule has 1 heterocycles. The molecule has 0 aliphatic heterocycles. The molecule has 1 fully saturated rings. The maximum Gasteiger partial charge on any atom is 0.224 e. The molecule has 21 heavy (non-hydrogen) atoms. The van der Waals surface area contributed by atoms with Crippen LogP contribution in [0.2, 0.25) is 0 Å². The van der Waals surface area contributed by atoms with Gasteiger partial charge in [0.05, 0.1) is 0 Å². The van der Waals surface area contributed by atoms with Crippen LogP contribution in [-0.4, -0.2) is 9.97 Å². The van der Waals surface area contributed by atoms with Crippen LogP contribution in [0.15, 0.2) is 24.3 Å². The van der Waals surface area contributed by atoms with Crippen molar-refractivity contribution in [2.45, 2.75) is 45.4 Å². The second-order valence-electron chi connectivity index (χ2n) is 6.06. The molecule has 110 valence electrons. The Bertz CT molecular complexity index is 663. The highest BCUT2D eigenvalue weighted by molar-refractivity contribution is 5.43. The van der Waals surface area contributed by atoms with Gasteiger partial charge in [0.2, 0.25) is 5.88 Å². The number of aryl methyl sites for hydroxylation is 1. The quantitative estimate of drug-likeness (QED) is 0.915. The SMILES string of the molecule is Cc1ccc(C(C)C)c(Oc2cc(N)nc(C3CC3)n2)c1. The summed E-state index contributed by atoms with van der Waals surface area (Å²) in [4.78, 5) is 8.81. The van der Waals surface area contributed by atoms with Crippen molar-refractivity contribution in [1.29, 1.82) is 0 Å². The summed E-state index contributed by atoms with van der Waals surface area (Å²) in [6, 6.07) is 7.95. The maximum absolute atomic E-state index is 6.02. The number of benzene rings is 1. The number of nitrogens with two attached hydrogens (primary N) is 1. The highest BCUT2D eigenvalue weighted by Gasteiger charge is 2.27. The van der Waals surface area contributed by atoms with Gasteiger partial charge < -0.3 is 10.5 Å². The van der Waals surface area contributed by atoms with E-state index in [4.69, 9.17) is 10.5 Å². The summed E-state index contributed by atoms with van der Waals surface area (Å²) in [5, 5.41) is 0. The van der Waals surface area contributed by atoms with E-state index in [1.165, 1.54) is 11.1 Å². The van der Waals surface area contributed by atoms with Crippen LogP contribution in [0.5, 0.6) is 11.6 Å². The number of aromatic nitrogens is 2. The molecule has 2 aromatic rings. The van der Waals surface area contributed by atoms with Crippen molar-refractivity contribution in [2.75, 3.05) is 5.73 Å². The number of nitrogens with zero attached hydrogens (tertiary/aromatic N) is 2. The summed E-state index contributed by atoms with van der Waals surface area (Å²) in [6.45, 7) is 6.36. The molecule has 1 aromatic carbocycles. The first kappa shape index (κ1) is 13.9. The first-order valence-corrected chi connectivity index (χ1v) is 7.46. The smallest absolute Gasteiger partial charge is 0.224 e. The minimum Gasteiger partial charge on any atom is -0.439 e. The van der Waals surface area contributed by atoms with E-state index >= 15 is 0 Å². The summed E-state index contributed by atoms with van der Waals surface area (Å²) in [7, 11) is 0. The average Bonchev–Trinajstić information content (AvgIpc) is 3.21. The molecular weight excluding hydrogens is 262 g/mol. The predicted octanol–water partition coefficient (Wildman–Crippen LogP) is 4.16. The van der Waals surface area contributed by atoms with E-state index < -0.39 is 0 Å². The third-order valence-corrected chi connectivity index (χ3v) is 3.69. The molecule has 0 unspecified atom stereocenters. The molecule has 1 aliphatic carbocycles. The van der Waals surface area contributed by atoms with Crippen LogP contribution >= 0.6 is 0 Å². The molecule has 2 N–H and O–H groups in total. The lowest BCUT2D eigenvalue weighted by molar-refractivity contribution is 0.450. The van der Waals surface area contributed by atoms with Gasteiger partial charge in [-0.05, 0) is 42.9 Å². The van der Waals surface area contributed by atoms with Gasteiger partial charge in [0.25, 0.3) is 0 Å². The second kappa shape index (κ2) is 5.35. The standard InChI is InChI=1S/C17H21N3O/c1-10(2)13-7-4-11(3)8-14(13)21-16-9-15(18)19-17(20-16)12-5-6-12/h4,7-10,12H,5-6H2,1-3H3,(H2,18,19,20). The molecule has 0 atom stereocenters. The molecule has 0 radical (unpaired) electrons. The minimum absolute atomic E-state index is 0.391. The number of anilines is 1. The van der Waals surface area contributed by atoms with Gasteiger partial charge in [-0.15, -0.1) is 0 Å². The molecule has 1 aliphatic rings. The van der Waals surface area contributed by atoms with E-state index in [0.29, 0.717) is 23.5 Å². The van der Waals surface area contributed by atoms with Crippen LogP contribution in [0.25, 0.3) is 0 Å². The van der Waals surface area contributed by atoms with Gasteiger partial charge in [0.1, 0.15) is 17.4 Å². The van der Waals surface area contributed by atoms with Gasteiger partial charge in [-0.25, -0.2) is 4.98 Å². The van der Waals surface area contributed by atoms with Crippen molar-refractivity contribution in [2.24, 2.45) is 0 Å². The van der Waals surface area contributed by atoms with Gasteiger partial charge in [0, 0.05) is 12.0 Å². The molecule has 1 saturated carbocycles. The average molecular weight is 283 g/mol. The lowest BCUT2D eigenvalue weighted by Gasteiger charge is -2.14. The Morgan fingerprint density at radius 1 is 1.19 bits per heavy atom. The monoisotopic (exact) mass is 283 g/mol. The fraction of sp³-hybridized carbons (Fsp3) is 0.412. The largest absolute Gasteiger partial charge is 0.439 e. The summed E-state index contributed by atoms with van der Waals surface area (Å²) in [5.41, 5.74) is 8.21. The van der Waals surface area contributed by atoms with Crippen LogP contribution < -0.4 is 10.5 Å². The summed E-state index contributed by atoms with van der Waals surface area (Å²) in [5.74, 6) is 3.52. The third-order valence-electron chi connectivity index (χ3n) is 3.69. The number of hydrogen-bond acceptors (Lipinski definition) is 4. The number of ether oxygens (including phenoxy) is 1. The highest BCUT2D eigenvalue weighted by atomic mass is 16.5. The van der Waals surface area contributed by atoms with Crippen LogP contribution in [0.3, 0.4) is 0 Å². The Balaban J connectivity index is 1.94. The van der Waals surface area contributed by atoms with Crippen molar-refractivity contribution in [3.63, 3.8) is 0 Å². The normalized spacial score (nSPS) is 14.5. The molecule has 4 heteroatoms. The van der Waals surface area contributed by atoms with Gasteiger partial charge in [0.15, 0.2) is 0 Å². The van der Waals surface area contributed by atoms with E-state index in [1.54, 1.807) is 6.07 Å². The van der Waals surface area contributed by atoms with Crippen LogP contribution in [0.4, 0.5) is 5.82 Å². The number of nitrogen functional groups attached to an aromatic ring is 1. The van der Waals surface area contributed by atoms with Gasteiger partial charge in [-0.1, -0.05) is 26.0 Å².